The van der Waals surface area contributed by atoms with Crippen molar-refractivity contribution in [2.45, 2.75) is 115 Å². The van der Waals surface area contributed by atoms with Crippen molar-refractivity contribution in [2.75, 3.05) is 6.61 Å². The van der Waals surface area contributed by atoms with Crippen LogP contribution in [0.3, 0.4) is 0 Å². The lowest BCUT2D eigenvalue weighted by Gasteiger charge is -2.64. The average molecular weight is 771 g/mol. The highest BCUT2D eigenvalue weighted by Crippen LogP contribution is 2.72. The fourth-order valence-electron chi connectivity index (χ4n) is 10.3. The fourth-order valence-corrected chi connectivity index (χ4v) is 11.3. The Hall–Kier alpha value is -2.27. The molecule has 12 atom stereocenters. The molecule has 4 aliphatic carbocycles. The highest BCUT2D eigenvalue weighted by molar-refractivity contribution is 7.81. The molecule has 5 fully saturated rings. The van der Waals surface area contributed by atoms with Gasteiger partial charge in [-0.2, -0.15) is 16.8 Å². The molecule has 6 N–H and O–H groups in total. The van der Waals surface area contributed by atoms with Crippen molar-refractivity contribution in [1.82, 2.24) is 0 Å². The van der Waals surface area contributed by atoms with Crippen molar-refractivity contribution in [3.8, 4) is 0 Å². The Labute approximate surface area is 295 Å². The lowest BCUT2D eigenvalue weighted by Crippen LogP contribution is -2.67. The second-order valence-electron chi connectivity index (χ2n) is 15.3. The zero-order valence-electron chi connectivity index (χ0n) is 28.3. The standard InChI is InChI=1S/C31H46O18S2/c1-14(2)9-21(33)47-24-23(49-51(42,43)44)22(48-50(39,40)41)18(13-32)46-26(24)45-17-11-29(4)19-6-5-16-10-30(19,25(34)15(16)3)8-7-20(29)31(12-17,27(35)36)28(37)38/h14,16-20,22-26,32,34H,3,5-13H2,1-2,4H3,(H,35,36)(H,37,38)(H,39,40,41)(H,42,43,44)/t16-,17-,18+,19-,20-,22+,23-,24+,25?,26+,29-,30-/m0/s1. The lowest BCUT2D eigenvalue weighted by atomic mass is 9.40. The molecule has 0 aromatic heterocycles. The van der Waals surface area contributed by atoms with Crippen LogP contribution in [0.15, 0.2) is 12.2 Å². The molecule has 5 rings (SSSR count). The monoisotopic (exact) mass is 770 g/mol. The first-order chi connectivity index (χ1) is 23.5. The second-order valence-corrected chi connectivity index (χ2v) is 17.4. The first-order valence-corrected chi connectivity index (χ1v) is 19.5. The van der Waals surface area contributed by atoms with E-state index in [0.29, 0.717) is 31.3 Å². The molecule has 0 radical (unpaired) electrons. The van der Waals surface area contributed by atoms with Gasteiger partial charge in [-0.3, -0.25) is 23.5 Å². The highest BCUT2D eigenvalue weighted by atomic mass is 32.3. The normalized spacial score (nSPS) is 40.7. The Morgan fingerprint density at radius 2 is 1.53 bits per heavy atom. The van der Waals surface area contributed by atoms with E-state index in [1.54, 1.807) is 20.8 Å². The number of rotatable bonds is 12. The Kier molecular flexibility index (Phi) is 10.8. The molecule has 4 saturated carbocycles. The zero-order valence-corrected chi connectivity index (χ0v) is 30.0. The van der Waals surface area contributed by atoms with Crippen LogP contribution in [0.5, 0.6) is 0 Å². The molecule has 20 heteroatoms. The van der Waals surface area contributed by atoms with E-state index >= 15 is 0 Å². The quantitative estimate of drug-likeness (QED) is 0.0533. The smallest absolute Gasteiger partial charge is 0.397 e. The van der Waals surface area contributed by atoms with Gasteiger partial charge in [-0.25, -0.2) is 8.37 Å². The molecular formula is C31H46O18S2. The summed E-state index contributed by atoms with van der Waals surface area (Å²) in [6.07, 6.45) is -11.5. The topological polar surface area (TPSA) is 287 Å². The molecule has 1 spiro atoms. The molecule has 1 aliphatic heterocycles. The van der Waals surface area contributed by atoms with Gasteiger partial charge in [0.1, 0.15) is 12.2 Å². The van der Waals surface area contributed by atoms with Gasteiger partial charge in [0.05, 0.1) is 18.8 Å². The van der Waals surface area contributed by atoms with Gasteiger partial charge in [-0.05, 0) is 73.2 Å². The number of hydrogen-bond acceptors (Lipinski definition) is 14. The number of carbonyl (C=O) groups is 3. The van der Waals surface area contributed by atoms with Crippen molar-refractivity contribution < 1.29 is 83.3 Å². The maximum Gasteiger partial charge on any atom is 0.397 e. The summed E-state index contributed by atoms with van der Waals surface area (Å²) in [5, 5.41) is 42.9. The summed E-state index contributed by atoms with van der Waals surface area (Å²) >= 11 is 0. The maximum absolute atomic E-state index is 13.1. The van der Waals surface area contributed by atoms with E-state index in [2.05, 4.69) is 10.8 Å². The number of aliphatic carboxylic acids is 2. The van der Waals surface area contributed by atoms with Crippen LogP contribution in [0.25, 0.3) is 0 Å². The number of carbonyl (C=O) groups excluding carboxylic acids is 1. The van der Waals surface area contributed by atoms with E-state index in [1.165, 1.54) is 0 Å². The summed E-state index contributed by atoms with van der Waals surface area (Å²) in [6.45, 7) is 8.03. The summed E-state index contributed by atoms with van der Waals surface area (Å²) in [5.74, 6) is -5.84. The van der Waals surface area contributed by atoms with Crippen LogP contribution < -0.4 is 0 Å². The number of hydrogen-bond donors (Lipinski definition) is 6. The largest absolute Gasteiger partial charge is 0.480 e. The summed E-state index contributed by atoms with van der Waals surface area (Å²) in [6, 6.07) is 0. The van der Waals surface area contributed by atoms with E-state index in [9.17, 15) is 60.8 Å². The number of aliphatic hydroxyl groups excluding tert-OH is 2. The molecule has 1 heterocycles. The Morgan fingerprint density at radius 3 is 2.08 bits per heavy atom. The zero-order chi connectivity index (χ0) is 38.1. The summed E-state index contributed by atoms with van der Waals surface area (Å²) < 4.78 is 93.4. The number of carboxylic acid groups (broad SMARTS) is 2. The number of ether oxygens (including phenoxy) is 3. The van der Waals surface area contributed by atoms with E-state index in [4.69, 9.17) is 18.4 Å². The number of aliphatic hydroxyl groups is 2. The van der Waals surface area contributed by atoms with Crippen LogP contribution in [0.1, 0.15) is 72.1 Å². The van der Waals surface area contributed by atoms with Gasteiger partial charge in [-0.15, -0.1) is 0 Å². The Balaban J connectivity index is 1.59. The molecule has 51 heavy (non-hydrogen) atoms. The number of carboxylic acids is 2. The first-order valence-electron chi connectivity index (χ1n) is 16.7. The van der Waals surface area contributed by atoms with Crippen LogP contribution in [-0.4, -0.2) is 114 Å². The third kappa shape index (κ3) is 7.20. The Bertz CT molecular complexity index is 1610. The molecule has 1 saturated heterocycles. The molecular weight excluding hydrogens is 724 g/mol. The first kappa shape index (κ1) is 39.9. The average Bonchev–Trinajstić information content (AvgIpc) is 3.16. The minimum atomic E-state index is -5.51. The van der Waals surface area contributed by atoms with Gasteiger partial charge in [0, 0.05) is 18.3 Å². The van der Waals surface area contributed by atoms with E-state index in [0.717, 1.165) is 0 Å². The molecule has 290 valence electrons. The van der Waals surface area contributed by atoms with Gasteiger partial charge in [0.25, 0.3) is 0 Å². The third-order valence-electron chi connectivity index (χ3n) is 12.0. The van der Waals surface area contributed by atoms with Crippen LogP contribution in [0.4, 0.5) is 0 Å². The summed E-state index contributed by atoms with van der Waals surface area (Å²) in [4.78, 5) is 39.3. The molecule has 18 nitrogen and oxygen atoms in total. The van der Waals surface area contributed by atoms with Gasteiger partial charge in [0.15, 0.2) is 23.9 Å². The van der Waals surface area contributed by atoms with E-state index in [1.807, 2.05) is 0 Å². The lowest BCUT2D eigenvalue weighted by molar-refractivity contribution is -0.318. The molecule has 0 aromatic carbocycles. The number of esters is 1. The van der Waals surface area contributed by atoms with Crippen LogP contribution in [0.2, 0.25) is 0 Å². The van der Waals surface area contributed by atoms with Crippen molar-refractivity contribution in [2.24, 2.45) is 39.9 Å². The summed E-state index contributed by atoms with van der Waals surface area (Å²) in [5.41, 5.74) is -3.52. The molecule has 2 bridgehead atoms. The third-order valence-corrected chi connectivity index (χ3v) is 12.9. The van der Waals surface area contributed by atoms with Gasteiger partial charge < -0.3 is 34.6 Å². The van der Waals surface area contributed by atoms with Crippen molar-refractivity contribution in [3.05, 3.63) is 12.2 Å². The number of fused-ring (bicyclic) bond motifs is 3. The van der Waals surface area contributed by atoms with Crippen molar-refractivity contribution in [3.63, 3.8) is 0 Å². The van der Waals surface area contributed by atoms with Crippen LogP contribution in [-0.2, 0) is 57.8 Å². The maximum atomic E-state index is 13.1. The van der Waals surface area contributed by atoms with E-state index in [-0.39, 0.29) is 37.0 Å². The predicted molar refractivity (Wildman–Crippen MR) is 169 cm³/mol. The summed E-state index contributed by atoms with van der Waals surface area (Å²) in [7, 11) is -11.0. The molecule has 0 amide bonds. The van der Waals surface area contributed by atoms with Crippen LogP contribution in [0, 0.1) is 39.9 Å². The minimum Gasteiger partial charge on any atom is -0.480 e. The van der Waals surface area contributed by atoms with E-state index < -0.39 is 117 Å². The molecule has 1 unspecified atom stereocenters. The SMILES string of the molecule is C=C1C(O)[C@]23CC[C@@H]4C(C(=O)O)(C(=O)O)C[C@@H](O[C@@H]5O[C@H](CO)[C@@H](OS(=O)(=O)O)[C@H](OS(=O)(=O)O)[C@H]5OC(=O)CC(C)C)C[C@@]4(C)[C@@H]2CC[C@H]1C3. The minimum absolute atomic E-state index is 0.00133. The van der Waals surface area contributed by atoms with Gasteiger partial charge in [-0.1, -0.05) is 27.4 Å². The van der Waals surface area contributed by atoms with Crippen LogP contribution >= 0.6 is 0 Å². The molecule has 5 aliphatic rings. The molecule has 0 aromatic rings. The Morgan fingerprint density at radius 1 is 0.922 bits per heavy atom. The second kappa shape index (κ2) is 13.9. The van der Waals surface area contributed by atoms with Crippen molar-refractivity contribution in [1.29, 1.82) is 0 Å². The van der Waals surface area contributed by atoms with Gasteiger partial charge >= 0.3 is 38.7 Å². The highest BCUT2D eigenvalue weighted by Gasteiger charge is 2.72. The van der Waals surface area contributed by atoms with Gasteiger partial charge in [0.2, 0.25) is 0 Å². The fraction of sp³-hybridized carbons (Fsp3) is 0.839. The van der Waals surface area contributed by atoms with Crippen molar-refractivity contribution >= 4 is 38.7 Å². The predicted octanol–water partition coefficient (Wildman–Crippen LogP) is 1.12.